The van der Waals surface area contributed by atoms with Crippen LogP contribution in [-0.4, -0.2) is 6.54 Å². The van der Waals surface area contributed by atoms with E-state index in [0.717, 1.165) is 24.3 Å². The molecule has 2 N–H and O–H groups in total. The van der Waals surface area contributed by atoms with Gasteiger partial charge >= 0.3 is 0 Å². The summed E-state index contributed by atoms with van der Waals surface area (Å²) >= 11 is 0. The van der Waals surface area contributed by atoms with Crippen molar-refractivity contribution in [3.8, 4) is 0 Å². The van der Waals surface area contributed by atoms with E-state index in [1.165, 1.54) is 38.5 Å². The third kappa shape index (κ3) is 1.84. The summed E-state index contributed by atoms with van der Waals surface area (Å²) in [6.45, 7) is 5.69. The minimum atomic E-state index is 0.563. The highest BCUT2D eigenvalue weighted by Gasteiger charge is 2.55. The summed E-state index contributed by atoms with van der Waals surface area (Å²) in [5.41, 5.74) is 6.35. The molecule has 1 heteroatoms. The van der Waals surface area contributed by atoms with Crippen molar-refractivity contribution in [2.45, 2.75) is 52.4 Å². The van der Waals surface area contributed by atoms with E-state index in [2.05, 4.69) is 13.8 Å². The van der Waals surface area contributed by atoms with Crippen molar-refractivity contribution >= 4 is 0 Å². The highest BCUT2D eigenvalue weighted by atomic mass is 14.7. The average Bonchev–Trinajstić information content (AvgIpc) is 2.57. The summed E-state index contributed by atoms with van der Waals surface area (Å²) in [6, 6.07) is 0. The molecular weight excluding hydrogens is 170 g/mol. The Morgan fingerprint density at radius 1 is 1.07 bits per heavy atom. The molecule has 0 amide bonds. The molecule has 2 fully saturated rings. The van der Waals surface area contributed by atoms with E-state index < -0.39 is 0 Å². The Hall–Kier alpha value is -0.0400. The predicted molar refractivity (Wildman–Crippen MR) is 61.0 cm³/mol. The molecule has 0 aromatic rings. The molecule has 0 aliphatic heterocycles. The van der Waals surface area contributed by atoms with E-state index in [1.807, 2.05) is 0 Å². The van der Waals surface area contributed by atoms with Crippen molar-refractivity contribution in [3.05, 3.63) is 0 Å². The predicted octanol–water partition coefficient (Wildman–Crippen LogP) is 3.19. The van der Waals surface area contributed by atoms with Crippen LogP contribution in [0.1, 0.15) is 52.4 Å². The molecule has 0 aromatic heterocycles. The first kappa shape index (κ1) is 10.5. The lowest BCUT2D eigenvalue weighted by molar-refractivity contribution is 0.432. The molecule has 1 nitrogen and oxygen atoms in total. The second kappa shape index (κ2) is 3.84. The Balaban J connectivity index is 1.71. The van der Waals surface area contributed by atoms with Gasteiger partial charge < -0.3 is 5.73 Å². The van der Waals surface area contributed by atoms with Gasteiger partial charge in [-0.1, -0.05) is 46.0 Å². The summed E-state index contributed by atoms with van der Waals surface area (Å²) < 4.78 is 0. The van der Waals surface area contributed by atoms with E-state index in [4.69, 9.17) is 5.73 Å². The second-order valence-corrected chi connectivity index (χ2v) is 6.00. The van der Waals surface area contributed by atoms with Crippen LogP contribution in [0.15, 0.2) is 0 Å². The minimum absolute atomic E-state index is 0.563. The zero-order valence-corrected chi connectivity index (χ0v) is 9.76. The van der Waals surface area contributed by atoms with Crippen molar-refractivity contribution in [2.75, 3.05) is 6.54 Å². The zero-order chi connectivity index (χ0) is 10.2. The van der Waals surface area contributed by atoms with E-state index in [0.29, 0.717) is 5.41 Å². The van der Waals surface area contributed by atoms with Gasteiger partial charge in [-0.05, 0) is 36.1 Å². The molecule has 2 saturated carbocycles. The molecule has 0 bridgehead atoms. The normalized spacial score (nSPS) is 36.2. The smallest absolute Gasteiger partial charge is 0.00408 e. The molecule has 0 saturated heterocycles. The summed E-state index contributed by atoms with van der Waals surface area (Å²) in [5.74, 6) is 2.82. The van der Waals surface area contributed by atoms with Gasteiger partial charge in [-0.25, -0.2) is 0 Å². The van der Waals surface area contributed by atoms with E-state index in [-0.39, 0.29) is 0 Å². The fourth-order valence-electron chi connectivity index (χ4n) is 3.61. The number of rotatable bonds is 4. The number of hydrogen-bond donors (Lipinski definition) is 1. The van der Waals surface area contributed by atoms with Gasteiger partial charge in [-0.15, -0.1) is 0 Å². The van der Waals surface area contributed by atoms with Crippen molar-refractivity contribution in [2.24, 2.45) is 28.9 Å². The van der Waals surface area contributed by atoms with E-state index in [9.17, 15) is 0 Å². The fraction of sp³-hybridized carbons (Fsp3) is 1.00. The SMILES string of the molecule is CC1(C)C(CN)C1CCC1CCCC1. The monoisotopic (exact) mass is 195 g/mol. The molecule has 0 aromatic carbocycles. The molecule has 82 valence electrons. The van der Waals surface area contributed by atoms with Crippen molar-refractivity contribution < 1.29 is 0 Å². The maximum Gasteiger partial charge on any atom is -0.00408 e. The first-order valence-corrected chi connectivity index (χ1v) is 6.36. The van der Waals surface area contributed by atoms with Gasteiger partial charge in [0, 0.05) is 0 Å². The summed E-state index contributed by atoms with van der Waals surface area (Å²) in [5, 5.41) is 0. The van der Waals surface area contributed by atoms with Crippen molar-refractivity contribution in [3.63, 3.8) is 0 Å². The van der Waals surface area contributed by atoms with Crippen LogP contribution in [-0.2, 0) is 0 Å². The lowest BCUT2D eigenvalue weighted by atomic mass is 9.97. The third-order valence-corrected chi connectivity index (χ3v) is 4.90. The van der Waals surface area contributed by atoms with Gasteiger partial charge in [-0.2, -0.15) is 0 Å². The lowest BCUT2D eigenvalue weighted by Gasteiger charge is -2.08. The van der Waals surface area contributed by atoms with Crippen molar-refractivity contribution in [1.29, 1.82) is 0 Å². The zero-order valence-electron chi connectivity index (χ0n) is 9.76. The molecule has 2 rings (SSSR count). The Bertz CT molecular complexity index is 191. The Kier molecular flexibility index (Phi) is 2.88. The van der Waals surface area contributed by atoms with Crippen LogP contribution in [0.5, 0.6) is 0 Å². The molecule has 14 heavy (non-hydrogen) atoms. The first-order chi connectivity index (χ1) is 6.66. The van der Waals surface area contributed by atoms with Crippen molar-refractivity contribution in [1.82, 2.24) is 0 Å². The van der Waals surface area contributed by atoms with Gasteiger partial charge in [-0.3, -0.25) is 0 Å². The van der Waals surface area contributed by atoms with Gasteiger partial charge in [0.05, 0.1) is 0 Å². The lowest BCUT2D eigenvalue weighted by Crippen LogP contribution is -2.05. The fourth-order valence-corrected chi connectivity index (χ4v) is 3.61. The van der Waals surface area contributed by atoms with Crippen LogP contribution in [0.4, 0.5) is 0 Å². The standard InChI is InChI=1S/C13H25N/c1-13(2)11(12(13)9-14)8-7-10-5-3-4-6-10/h10-12H,3-9,14H2,1-2H3. The van der Waals surface area contributed by atoms with Crippen LogP contribution in [0.25, 0.3) is 0 Å². The molecule has 0 spiro atoms. The Labute approximate surface area is 88.4 Å². The van der Waals surface area contributed by atoms with Crippen LogP contribution >= 0.6 is 0 Å². The second-order valence-electron chi connectivity index (χ2n) is 6.00. The van der Waals surface area contributed by atoms with Gasteiger partial charge in [0.1, 0.15) is 0 Å². The Morgan fingerprint density at radius 2 is 1.71 bits per heavy atom. The Morgan fingerprint density at radius 3 is 2.21 bits per heavy atom. The first-order valence-electron chi connectivity index (χ1n) is 6.36. The maximum absolute atomic E-state index is 5.78. The number of hydrogen-bond acceptors (Lipinski definition) is 1. The maximum atomic E-state index is 5.78. The van der Waals surface area contributed by atoms with Crippen LogP contribution in [0.2, 0.25) is 0 Å². The van der Waals surface area contributed by atoms with Crippen LogP contribution < -0.4 is 5.73 Å². The van der Waals surface area contributed by atoms with E-state index >= 15 is 0 Å². The highest BCUT2D eigenvalue weighted by Crippen LogP contribution is 2.60. The summed E-state index contributed by atoms with van der Waals surface area (Å²) in [7, 11) is 0. The highest BCUT2D eigenvalue weighted by molar-refractivity contribution is 5.05. The molecule has 0 radical (unpaired) electrons. The molecular formula is C13H25N. The van der Waals surface area contributed by atoms with Crippen LogP contribution in [0, 0.1) is 23.2 Å². The van der Waals surface area contributed by atoms with Crippen LogP contribution in [0.3, 0.4) is 0 Å². The van der Waals surface area contributed by atoms with E-state index in [1.54, 1.807) is 0 Å². The minimum Gasteiger partial charge on any atom is -0.330 e. The molecule has 2 unspecified atom stereocenters. The topological polar surface area (TPSA) is 26.0 Å². The summed E-state index contributed by atoms with van der Waals surface area (Å²) in [4.78, 5) is 0. The molecule has 2 aliphatic carbocycles. The molecule has 2 atom stereocenters. The average molecular weight is 195 g/mol. The van der Waals surface area contributed by atoms with Gasteiger partial charge in [0.25, 0.3) is 0 Å². The molecule has 0 heterocycles. The quantitative estimate of drug-likeness (QED) is 0.732. The summed E-state index contributed by atoms with van der Waals surface area (Å²) in [6.07, 6.45) is 8.89. The number of nitrogens with two attached hydrogens (primary N) is 1. The largest absolute Gasteiger partial charge is 0.330 e. The molecule has 2 aliphatic rings. The third-order valence-electron chi connectivity index (χ3n) is 4.90. The van der Waals surface area contributed by atoms with Gasteiger partial charge in [0.2, 0.25) is 0 Å². The van der Waals surface area contributed by atoms with Gasteiger partial charge in [0.15, 0.2) is 0 Å².